The largest absolute Gasteiger partial charge is 0.337 e. The Morgan fingerprint density at radius 2 is 2.10 bits per heavy atom. The Balaban J connectivity index is 2.17. The Labute approximate surface area is 117 Å². The Morgan fingerprint density at radius 1 is 1.30 bits per heavy atom. The number of hydrogen-bond donors (Lipinski definition) is 1. The molecule has 102 valence electrons. The summed E-state index contributed by atoms with van der Waals surface area (Å²) in [4.78, 5) is 7.94. The molecule has 0 saturated carbocycles. The summed E-state index contributed by atoms with van der Waals surface area (Å²) in [5.74, 6) is -0.504. The van der Waals surface area contributed by atoms with Gasteiger partial charge in [0.05, 0.1) is 5.69 Å². The lowest BCUT2D eigenvalue weighted by atomic mass is 10.2. The zero-order chi connectivity index (χ0) is 14.3. The first kappa shape index (κ1) is 12.7. The summed E-state index contributed by atoms with van der Waals surface area (Å²) in [5, 5.41) is 6.96. The molecule has 0 spiro atoms. The van der Waals surface area contributed by atoms with Crippen LogP contribution >= 0.6 is 11.6 Å². The summed E-state index contributed by atoms with van der Waals surface area (Å²) in [6, 6.07) is 3.12. The van der Waals surface area contributed by atoms with E-state index in [9.17, 15) is 8.78 Å². The first-order valence-corrected chi connectivity index (χ1v) is 6.02. The number of hydrogen-bond acceptors (Lipinski definition) is 4. The molecular formula is C12H8ClF2N5. The van der Waals surface area contributed by atoms with Crippen LogP contribution in [-0.4, -0.2) is 19.6 Å². The molecule has 1 aromatic carbocycles. The quantitative estimate of drug-likeness (QED) is 0.738. The molecule has 2 aromatic heterocycles. The molecule has 0 saturated heterocycles. The second kappa shape index (κ2) is 4.68. The molecule has 1 N–H and O–H groups in total. The highest BCUT2D eigenvalue weighted by molar-refractivity contribution is 6.30. The van der Waals surface area contributed by atoms with E-state index in [0.29, 0.717) is 11.4 Å². The molecule has 0 radical (unpaired) electrons. The fourth-order valence-electron chi connectivity index (χ4n) is 1.77. The normalized spacial score (nSPS) is 11.0. The van der Waals surface area contributed by atoms with Crippen molar-refractivity contribution in [3.8, 4) is 0 Å². The van der Waals surface area contributed by atoms with Gasteiger partial charge in [-0.05, 0) is 19.1 Å². The van der Waals surface area contributed by atoms with Gasteiger partial charge in [-0.1, -0.05) is 11.6 Å². The van der Waals surface area contributed by atoms with Crippen LogP contribution in [0.4, 0.5) is 20.3 Å². The summed E-state index contributed by atoms with van der Waals surface area (Å²) in [6.45, 7) is 1.69. The van der Waals surface area contributed by atoms with E-state index in [2.05, 4.69) is 20.4 Å². The molecule has 5 nitrogen and oxygen atoms in total. The van der Waals surface area contributed by atoms with E-state index in [4.69, 9.17) is 11.6 Å². The van der Waals surface area contributed by atoms with Gasteiger partial charge in [0.2, 0.25) is 0 Å². The van der Waals surface area contributed by atoms with Crippen molar-refractivity contribution in [1.82, 2.24) is 19.6 Å². The van der Waals surface area contributed by atoms with Crippen LogP contribution in [0, 0.1) is 18.6 Å². The number of benzene rings is 1. The SMILES string of the molecule is Cc1c(Cl)nc2ncnn2c1Nc1cc(F)ccc1F. The summed E-state index contributed by atoms with van der Waals surface area (Å²) in [5.41, 5.74) is 0.528. The smallest absolute Gasteiger partial charge is 0.255 e. The molecule has 8 heteroatoms. The summed E-state index contributed by atoms with van der Waals surface area (Å²) in [6.07, 6.45) is 1.30. The Bertz CT molecular complexity index is 802. The summed E-state index contributed by atoms with van der Waals surface area (Å²) in [7, 11) is 0. The third kappa shape index (κ3) is 2.05. The van der Waals surface area contributed by atoms with E-state index in [1.54, 1.807) is 6.92 Å². The first-order valence-electron chi connectivity index (χ1n) is 5.64. The van der Waals surface area contributed by atoms with Crippen LogP contribution in [0.2, 0.25) is 5.15 Å². The number of halogens is 3. The van der Waals surface area contributed by atoms with Gasteiger partial charge in [-0.2, -0.15) is 19.6 Å². The maximum absolute atomic E-state index is 13.7. The molecule has 20 heavy (non-hydrogen) atoms. The van der Waals surface area contributed by atoms with Gasteiger partial charge in [0.1, 0.15) is 28.9 Å². The zero-order valence-electron chi connectivity index (χ0n) is 10.2. The molecular weight excluding hydrogens is 288 g/mol. The molecule has 0 atom stereocenters. The number of nitrogens with zero attached hydrogens (tertiary/aromatic N) is 4. The predicted molar refractivity (Wildman–Crippen MR) is 70.2 cm³/mol. The first-order chi connectivity index (χ1) is 9.56. The summed E-state index contributed by atoms with van der Waals surface area (Å²) < 4.78 is 28.3. The topological polar surface area (TPSA) is 55.1 Å². The Hall–Kier alpha value is -2.28. The molecule has 0 amide bonds. The lowest BCUT2D eigenvalue weighted by Gasteiger charge is -2.12. The minimum Gasteiger partial charge on any atom is -0.337 e. The minimum absolute atomic E-state index is 0.0211. The van der Waals surface area contributed by atoms with Crippen LogP contribution < -0.4 is 5.32 Å². The van der Waals surface area contributed by atoms with E-state index in [1.807, 2.05) is 0 Å². The highest BCUT2D eigenvalue weighted by Crippen LogP contribution is 2.27. The van der Waals surface area contributed by atoms with Crippen molar-refractivity contribution in [1.29, 1.82) is 0 Å². The van der Waals surface area contributed by atoms with Crippen molar-refractivity contribution in [3.05, 3.63) is 46.9 Å². The number of anilines is 2. The fraction of sp³-hybridized carbons (Fsp3) is 0.0833. The average Bonchev–Trinajstić information content (AvgIpc) is 2.86. The lowest BCUT2D eigenvalue weighted by Crippen LogP contribution is -2.06. The van der Waals surface area contributed by atoms with Crippen molar-refractivity contribution in [2.24, 2.45) is 0 Å². The number of aromatic nitrogens is 4. The highest BCUT2D eigenvalue weighted by Gasteiger charge is 2.14. The third-order valence-corrected chi connectivity index (χ3v) is 3.15. The van der Waals surface area contributed by atoms with Gasteiger partial charge < -0.3 is 5.32 Å². The van der Waals surface area contributed by atoms with Crippen LogP contribution in [0.1, 0.15) is 5.56 Å². The van der Waals surface area contributed by atoms with Gasteiger partial charge in [-0.15, -0.1) is 0 Å². The second-order valence-corrected chi connectivity index (χ2v) is 4.46. The molecule has 0 fully saturated rings. The third-order valence-electron chi connectivity index (χ3n) is 2.79. The van der Waals surface area contributed by atoms with E-state index < -0.39 is 11.6 Å². The average molecular weight is 296 g/mol. The van der Waals surface area contributed by atoms with E-state index in [-0.39, 0.29) is 16.6 Å². The predicted octanol–water partition coefficient (Wildman–Crippen LogP) is 3.11. The Kier molecular flexibility index (Phi) is 2.98. The van der Waals surface area contributed by atoms with Gasteiger partial charge >= 0.3 is 0 Å². The van der Waals surface area contributed by atoms with Crippen molar-refractivity contribution < 1.29 is 8.78 Å². The Morgan fingerprint density at radius 3 is 2.90 bits per heavy atom. The van der Waals surface area contributed by atoms with Crippen LogP contribution in [0.5, 0.6) is 0 Å². The van der Waals surface area contributed by atoms with E-state index in [1.165, 1.54) is 10.8 Å². The molecule has 0 aliphatic heterocycles. The van der Waals surface area contributed by atoms with Crippen LogP contribution in [-0.2, 0) is 0 Å². The number of rotatable bonds is 2. The second-order valence-electron chi connectivity index (χ2n) is 4.10. The maximum atomic E-state index is 13.7. The minimum atomic E-state index is -0.591. The number of fused-ring (bicyclic) bond motifs is 1. The lowest BCUT2D eigenvalue weighted by molar-refractivity contribution is 0.603. The van der Waals surface area contributed by atoms with Gasteiger partial charge in [-0.3, -0.25) is 0 Å². The monoisotopic (exact) mass is 295 g/mol. The highest BCUT2D eigenvalue weighted by atomic mass is 35.5. The molecule has 0 aliphatic rings. The standard InChI is InChI=1S/C12H8ClF2N5/c1-6-10(13)19-12-16-5-17-20(12)11(6)18-9-4-7(14)2-3-8(9)15/h2-5,18H,1H3. The molecule has 0 unspecified atom stereocenters. The van der Waals surface area contributed by atoms with Crippen molar-refractivity contribution in [2.45, 2.75) is 6.92 Å². The zero-order valence-corrected chi connectivity index (χ0v) is 11.0. The van der Waals surface area contributed by atoms with Crippen molar-refractivity contribution >= 4 is 28.9 Å². The van der Waals surface area contributed by atoms with Gasteiger partial charge in [0, 0.05) is 11.6 Å². The molecule has 2 heterocycles. The van der Waals surface area contributed by atoms with Gasteiger partial charge in [-0.25, -0.2) is 8.78 Å². The van der Waals surface area contributed by atoms with Gasteiger partial charge in [0.25, 0.3) is 5.78 Å². The fourth-order valence-corrected chi connectivity index (χ4v) is 1.93. The van der Waals surface area contributed by atoms with E-state index >= 15 is 0 Å². The van der Waals surface area contributed by atoms with Crippen LogP contribution in [0.25, 0.3) is 5.78 Å². The van der Waals surface area contributed by atoms with Crippen molar-refractivity contribution in [3.63, 3.8) is 0 Å². The maximum Gasteiger partial charge on any atom is 0.255 e. The van der Waals surface area contributed by atoms with Crippen molar-refractivity contribution in [2.75, 3.05) is 5.32 Å². The molecule has 3 rings (SSSR count). The van der Waals surface area contributed by atoms with Gasteiger partial charge in [0.15, 0.2) is 0 Å². The molecule has 0 aliphatic carbocycles. The number of nitrogens with one attached hydrogen (secondary N) is 1. The van der Waals surface area contributed by atoms with Crippen LogP contribution in [0.3, 0.4) is 0 Å². The molecule has 3 aromatic rings. The van der Waals surface area contributed by atoms with Crippen LogP contribution in [0.15, 0.2) is 24.5 Å². The molecule has 0 bridgehead atoms. The van der Waals surface area contributed by atoms with E-state index in [0.717, 1.165) is 18.2 Å². The summed E-state index contributed by atoms with van der Waals surface area (Å²) >= 11 is 5.99.